The summed E-state index contributed by atoms with van der Waals surface area (Å²) in [5.41, 5.74) is 0. The van der Waals surface area contributed by atoms with Crippen LogP contribution in [0.4, 0.5) is 12.9 Å². The number of hydrogen-bond donors (Lipinski definition) is 0. The van der Waals surface area contributed by atoms with Crippen LogP contribution < -0.4 is 4.57 Å². The molecule has 1 aromatic heterocycles. The van der Waals surface area contributed by atoms with Crippen molar-refractivity contribution in [1.82, 2.24) is 4.57 Å². The summed E-state index contributed by atoms with van der Waals surface area (Å²) >= 11 is 3.59. The Balaban J connectivity index is 0.000000336. The largest absolute Gasteiger partial charge is 0.576 e. The Bertz CT molecular complexity index is 269. The number of aromatic nitrogens is 2. The van der Waals surface area contributed by atoms with Crippen molar-refractivity contribution in [2.45, 2.75) is 26.3 Å². The van der Waals surface area contributed by atoms with E-state index in [1.54, 1.807) is 0 Å². The van der Waals surface area contributed by atoms with Crippen molar-refractivity contribution < 1.29 is 17.5 Å². The molecule has 1 heterocycles. The van der Waals surface area contributed by atoms with Gasteiger partial charge in [0, 0.05) is 0 Å². The molecule has 0 aliphatic heterocycles. The Morgan fingerprint density at radius 1 is 1.40 bits per heavy atom. The molecule has 0 aliphatic carbocycles. The SMILES string of the molecule is CCCC[n+]1ccn(C)c1.F[B-](F)(F)Cl. The molecular weight excluding hydrogens is 227 g/mol. The first-order chi connectivity index (χ1) is 6.83. The third-order valence-corrected chi connectivity index (χ3v) is 1.59. The van der Waals surface area contributed by atoms with E-state index in [9.17, 15) is 12.9 Å². The van der Waals surface area contributed by atoms with Gasteiger partial charge in [0.1, 0.15) is 12.4 Å². The van der Waals surface area contributed by atoms with Gasteiger partial charge in [-0.25, -0.2) is 9.13 Å². The zero-order valence-corrected chi connectivity index (χ0v) is 9.59. The lowest BCUT2D eigenvalue weighted by atomic mass is 10.3. The van der Waals surface area contributed by atoms with Crippen molar-refractivity contribution in [2.24, 2.45) is 7.05 Å². The van der Waals surface area contributed by atoms with Gasteiger partial charge < -0.3 is 12.9 Å². The summed E-state index contributed by atoms with van der Waals surface area (Å²) in [6.45, 7) is 3.36. The standard InChI is InChI=1S/C8H15N2.BClF3/c1-3-4-5-10-7-6-9(2)8-10;2-1(3,4)5/h6-8H,3-5H2,1-2H3;/q+1;-1. The first kappa shape index (κ1) is 14.4. The summed E-state index contributed by atoms with van der Waals surface area (Å²) in [6.07, 6.45) is 3.79. The molecule has 0 N–H and O–H groups in total. The van der Waals surface area contributed by atoms with Crippen LogP contribution in [-0.2, 0) is 13.6 Å². The zero-order valence-electron chi connectivity index (χ0n) is 8.84. The van der Waals surface area contributed by atoms with Gasteiger partial charge in [0.2, 0.25) is 6.33 Å². The second-order valence-electron chi connectivity index (χ2n) is 3.17. The number of imidazole rings is 1. The second kappa shape index (κ2) is 6.77. The molecule has 7 heteroatoms. The van der Waals surface area contributed by atoms with Gasteiger partial charge >= 0.3 is 6.39 Å². The van der Waals surface area contributed by atoms with Crippen molar-refractivity contribution in [3.05, 3.63) is 18.7 Å². The average Bonchev–Trinajstić information content (AvgIpc) is 2.45. The van der Waals surface area contributed by atoms with Crippen molar-refractivity contribution in [3.8, 4) is 0 Å². The van der Waals surface area contributed by atoms with Crippen LogP contribution in [0.5, 0.6) is 0 Å². The molecule has 0 aliphatic rings. The van der Waals surface area contributed by atoms with Crippen molar-refractivity contribution in [1.29, 1.82) is 0 Å². The van der Waals surface area contributed by atoms with Gasteiger partial charge in [-0.3, -0.25) is 11.5 Å². The number of unbranched alkanes of at least 4 members (excludes halogenated alkanes) is 1. The van der Waals surface area contributed by atoms with Crippen molar-refractivity contribution in [2.75, 3.05) is 0 Å². The number of nitrogens with zero attached hydrogens (tertiary/aromatic N) is 2. The molecule has 1 aromatic rings. The van der Waals surface area contributed by atoms with E-state index in [1.165, 1.54) is 12.8 Å². The van der Waals surface area contributed by atoms with Gasteiger partial charge in [-0.1, -0.05) is 13.3 Å². The van der Waals surface area contributed by atoms with Gasteiger partial charge in [0.25, 0.3) is 0 Å². The molecule has 1 rings (SSSR count). The minimum absolute atomic E-state index is 1.15. The highest BCUT2D eigenvalue weighted by Gasteiger charge is 2.15. The minimum Gasteiger partial charge on any atom is -0.435 e. The van der Waals surface area contributed by atoms with E-state index < -0.39 is 6.39 Å². The summed E-state index contributed by atoms with van der Waals surface area (Å²) in [5.74, 6) is 0. The molecule has 0 saturated heterocycles. The second-order valence-corrected chi connectivity index (χ2v) is 3.66. The lowest BCUT2D eigenvalue weighted by molar-refractivity contribution is -0.696. The van der Waals surface area contributed by atoms with E-state index >= 15 is 0 Å². The lowest BCUT2D eigenvalue weighted by Crippen LogP contribution is -2.30. The van der Waals surface area contributed by atoms with Crippen LogP contribution in [0, 0.1) is 0 Å². The van der Waals surface area contributed by atoms with E-state index in [4.69, 9.17) is 0 Å². The Morgan fingerprint density at radius 2 is 1.93 bits per heavy atom. The molecule has 2 nitrogen and oxygen atoms in total. The smallest absolute Gasteiger partial charge is 0.435 e. The quantitative estimate of drug-likeness (QED) is 0.569. The van der Waals surface area contributed by atoms with Crippen LogP contribution in [0.2, 0.25) is 0 Å². The average molecular weight is 242 g/mol. The topological polar surface area (TPSA) is 8.81 Å². The van der Waals surface area contributed by atoms with Crippen LogP contribution >= 0.6 is 11.5 Å². The first-order valence-corrected chi connectivity index (χ1v) is 5.15. The summed E-state index contributed by atoms with van der Waals surface area (Å²) in [4.78, 5) is 0. The summed E-state index contributed by atoms with van der Waals surface area (Å²) < 4.78 is 34.8. The fraction of sp³-hybridized carbons (Fsp3) is 0.625. The highest BCUT2D eigenvalue weighted by Crippen LogP contribution is 2.11. The molecule has 15 heavy (non-hydrogen) atoms. The van der Waals surface area contributed by atoms with E-state index in [0.717, 1.165) is 6.54 Å². The van der Waals surface area contributed by atoms with Crippen LogP contribution in [0.3, 0.4) is 0 Å². The lowest BCUT2D eigenvalue weighted by Gasteiger charge is -1.97. The minimum atomic E-state index is -5.03. The number of aryl methyl sites for hydroxylation is 2. The van der Waals surface area contributed by atoms with Crippen LogP contribution in [-0.4, -0.2) is 11.0 Å². The fourth-order valence-electron chi connectivity index (χ4n) is 0.975. The van der Waals surface area contributed by atoms with Crippen molar-refractivity contribution in [3.63, 3.8) is 0 Å². The maximum Gasteiger partial charge on any atom is 0.576 e. The molecule has 0 spiro atoms. The molecule has 0 amide bonds. The first-order valence-electron chi connectivity index (χ1n) is 4.71. The maximum atomic E-state index is 10.2. The monoisotopic (exact) mass is 242 g/mol. The Kier molecular flexibility index (Phi) is 6.48. The van der Waals surface area contributed by atoms with E-state index in [2.05, 4.69) is 46.2 Å². The molecule has 0 bridgehead atoms. The summed E-state index contributed by atoms with van der Waals surface area (Å²) in [7, 11) is 2.04. The highest BCUT2D eigenvalue weighted by atomic mass is 35.5. The van der Waals surface area contributed by atoms with Crippen LogP contribution in [0.1, 0.15) is 19.8 Å². The fourth-order valence-corrected chi connectivity index (χ4v) is 0.975. The number of rotatable bonds is 3. The maximum absolute atomic E-state index is 10.2. The summed E-state index contributed by atoms with van der Waals surface area (Å²) in [5, 5.41) is 0. The van der Waals surface area contributed by atoms with E-state index in [1.807, 2.05) is 7.05 Å². The Morgan fingerprint density at radius 3 is 2.27 bits per heavy atom. The molecule has 0 saturated carbocycles. The van der Waals surface area contributed by atoms with Gasteiger partial charge in [0.05, 0.1) is 13.6 Å². The predicted molar refractivity (Wildman–Crippen MR) is 55.4 cm³/mol. The van der Waals surface area contributed by atoms with Crippen molar-refractivity contribution >= 4 is 17.9 Å². The molecule has 0 atom stereocenters. The van der Waals surface area contributed by atoms with Crippen LogP contribution in [0.25, 0.3) is 0 Å². The normalized spacial score (nSPS) is 10.8. The molecule has 88 valence electrons. The summed E-state index contributed by atoms with van der Waals surface area (Å²) in [6, 6.07) is 0. The van der Waals surface area contributed by atoms with E-state index in [0.29, 0.717) is 0 Å². The number of hydrogen-bond acceptors (Lipinski definition) is 0. The van der Waals surface area contributed by atoms with Gasteiger partial charge in [-0.2, -0.15) is 0 Å². The molecular formula is C8H15BClF3N2. The number of halogens is 4. The third-order valence-electron chi connectivity index (χ3n) is 1.59. The highest BCUT2D eigenvalue weighted by molar-refractivity contribution is 7.08. The zero-order chi connectivity index (χ0) is 11.9. The Labute approximate surface area is 92.6 Å². The molecule has 0 radical (unpaired) electrons. The van der Waals surface area contributed by atoms with Gasteiger partial charge in [-0.15, -0.1) is 0 Å². The van der Waals surface area contributed by atoms with E-state index in [-0.39, 0.29) is 0 Å². The van der Waals surface area contributed by atoms with Gasteiger partial charge in [-0.05, 0) is 6.42 Å². The third kappa shape index (κ3) is 11.3. The van der Waals surface area contributed by atoms with Crippen LogP contribution in [0.15, 0.2) is 18.7 Å². The molecule has 0 aromatic carbocycles. The Hall–Kier alpha value is -0.645. The molecule has 0 fully saturated rings. The predicted octanol–water partition coefficient (Wildman–Crippen LogP) is 2.68. The van der Waals surface area contributed by atoms with Gasteiger partial charge in [0.15, 0.2) is 0 Å². The molecule has 0 unspecified atom stereocenters.